The maximum absolute atomic E-state index is 5.24. The molecule has 0 aliphatic heterocycles. The van der Waals surface area contributed by atoms with E-state index >= 15 is 0 Å². The van der Waals surface area contributed by atoms with E-state index in [1.165, 1.54) is 38.1 Å². The lowest BCUT2D eigenvalue weighted by Gasteiger charge is -2.11. The first kappa shape index (κ1) is 27.5. The summed E-state index contributed by atoms with van der Waals surface area (Å²) in [4.78, 5) is 9.65. The van der Waals surface area contributed by atoms with E-state index in [4.69, 9.17) is 4.99 Å². The average Bonchev–Trinajstić information content (AvgIpc) is 3.48. The van der Waals surface area contributed by atoms with Crippen LogP contribution in [0, 0.1) is 0 Å². The molecule has 0 N–H and O–H groups in total. The second-order valence-corrected chi connectivity index (χ2v) is 11.7. The normalized spacial score (nSPS) is 11.5. The maximum Gasteiger partial charge on any atom is 0.125 e. The molecule has 7 aromatic rings. The number of thiophene rings is 1. The molecule has 44 heavy (non-hydrogen) atoms. The lowest BCUT2D eigenvalue weighted by Crippen LogP contribution is -2.04. The van der Waals surface area contributed by atoms with Gasteiger partial charge in [-0.1, -0.05) is 133 Å². The number of hydrogen-bond acceptors (Lipinski definition) is 3. The zero-order valence-electron chi connectivity index (χ0n) is 24.2. The molecule has 0 spiro atoms. The van der Waals surface area contributed by atoms with Crippen LogP contribution < -0.4 is 0 Å². The highest BCUT2D eigenvalue weighted by Gasteiger charge is 2.18. The van der Waals surface area contributed by atoms with Crippen molar-refractivity contribution >= 4 is 38.9 Å². The molecule has 0 saturated heterocycles. The van der Waals surface area contributed by atoms with Gasteiger partial charge in [0, 0.05) is 21.2 Å². The number of nitrogens with zero attached hydrogens (tertiary/aromatic N) is 2. The Bertz CT molecular complexity index is 2110. The van der Waals surface area contributed by atoms with Gasteiger partial charge in [-0.25, -0.2) is 0 Å². The first-order chi connectivity index (χ1) is 21.8. The SMILES string of the molecule is C=Nc1sc2ccccc2c1C(=NCc1cccc(-c2cccc(-c3cccc(-c4ccccc4)c3)c2)c1)c1ccccc1. The molecule has 0 atom stereocenters. The predicted octanol–water partition coefficient (Wildman–Crippen LogP) is 11.3. The van der Waals surface area contributed by atoms with Gasteiger partial charge in [-0.2, -0.15) is 0 Å². The van der Waals surface area contributed by atoms with Gasteiger partial charge in [-0.05, 0) is 69.9 Å². The molecule has 0 amide bonds. The molecule has 3 heteroatoms. The van der Waals surface area contributed by atoms with Crippen LogP contribution in [0.3, 0.4) is 0 Å². The topological polar surface area (TPSA) is 24.7 Å². The van der Waals surface area contributed by atoms with Gasteiger partial charge in [0.2, 0.25) is 0 Å². The molecule has 0 aliphatic rings. The second kappa shape index (κ2) is 12.5. The van der Waals surface area contributed by atoms with E-state index in [0.29, 0.717) is 6.54 Å². The van der Waals surface area contributed by atoms with E-state index in [0.717, 1.165) is 32.8 Å². The molecule has 0 unspecified atom stereocenters. The fourth-order valence-electron chi connectivity index (χ4n) is 5.69. The fraction of sp³-hybridized carbons (Fsp3) is 0.0244. The van der Waals surface area contributed by atoms with Gasteiger partial charge in [0.25, 0.3) is 0 Å². The molecular weight excluding hydrogens is 553 g/mol. The van der Waals surface area contributed by atoms with Crippen molar-refractivity contribution in [1.82, 2.24) is 0 Å². The maximum atomic E-state index is 5.24. The van der Waals surface area contributed by atoms with Crippen molar-refractivity contribution in [1.29, 1.82) is 0 Å². The van der Waals surface area contributed by atoms with E-state index in [1.807, 2.05) is 6.07 Å². The number of benzene rings is 6. The van der Waals surface area contributed by atoms with Crippen molar-refractivity contribution in [2.75, 3.05) is 0 Å². The Balaban J connectivity index is 1.23. The van der Waals surface area contributed by atoms with Crippen LogP contribution in [0.1, 0.15) is 16.7 Å². The highest BCUT2D eigenvalue weighted by Crippen LogP contribution is 2.39. The standard InChI is InChI=1S/C41H30N2S/c1-42-41-39(37-23-8-9-24-38(37)44-41)40(31-16-6-3-7-17-31)43-28-29-13-10-18-32(25-29)34-20-12-22-36(27-34)35-21-11-19-33(26-35)30-14-4-2-5-15-30/h2-27H,1,28H2. The molecule has 1 aromatic heterocycles. The third-order valence-electron chi connectivity index (χ3n) is 7.85. The molecule has 2 nitrogen and oxygen atoms in total. The summed E-state index contributed by atoms with van der Waals surface area (Å²) in [6.07, 6.45) is 0. The monoisotopic (exact) mass is 582 g/mol. The Morgan fingerprint density at radius 2 is 1.05 bits per heavy atom. The van der Waals surface area contributed by atoms with Gasteiger partial charge in [0.05, 0.1) is 12.3 Å². The van der Waals surface area contributed by atoms with Crippen LogP contribution in [-0.2, 0) is 6.54 Å². The molecule has 210 valence electrons. The van der Waals surface area contributed by atoms with Gasteiger partial charge in [-0.15, -0.1) is 11.3 Å². The quantitative estimate of drug-likeness (QED) is 0.159. The summed E-state index contributed by atoms with van der Waals surface area (Å²) >= 11 is 1.66. The molecule has 0 saturated carbocycles. The van der Waals surface area contributed by atoms with Crippen molar-refractivity contribution in [3.8, 4) is 33.4 Å². The van der Waals surface area contributed by atoms with Crippen molar-refractivity contribution in [3.63, 3.8) is 0 Å². The van der Waals surface area contributed by atoms with Gasteiger partial charge in [0.1, 0.15) is 5.00 Å². The number of aliphatic imine (C=N–C) groups is 2. The summed E-state index contributed by atoms with van der Waals surface area (Å²) in [6, 6.07) is 55.6. The number of rotatable bonds is 8. The first-order valence-corrected chi connectivity index (χ1v) is 15.5. The van der Waals surface area contributed by atoms with Crippen LogP contribution in [0.5, 0.6) is 0 Å². The minimum Gasteiger partial charge on any atom is -0.279 e. The predicted molar refractivity (Wildman–Crippen MR) is 190 cm³/mol. The Hall–Kier alpha value is -5.38. The first-order valence-electron chi connectivity index (χ1n) is 14.7. The summed E-state index contributed by atoms with van der Waals surface area (Å²) in [5.41, 5.74) is 11.4. The zero-order chi connectivity index (χ0) is 29.7. The molecule has 7 rings (SSSR count). The van der Waals surface area contributed by atoms with Crippen LogP contribution in [0.4, 0.5) is 5.00 Å². The summed E-state index contributed by atoms with van der Waals surface area (Å²) in [5, 5.41) is 2.06. The van der Waals surface area contributed by atoms with Crippen molar-refractivity contribution in [3.05, 3.63) is 174 Å². The Morgan fingerprint density at radius 1 is 0.523 bits per heavy atom. The molecular formula is C41H30N2S. The van der Waals surface area contributed by atoms with Crippen molar-refractivity contribution in [2.45, 2.75) is 6.54 Å². The number of fused-ring (bicyclic) bond motifs is 1. The lowest BCUT2D eigenvalue weighted by molar-refractivity contribution is 1.07. The van der Waals surface area contributed by atoms with Crippen LogP contribution in [0.15, 0.2) is 168 Å². The van der Waals surface area contributed by atoms with E-state index in [1.54, 1.807) is 11.3 Å². The van der Waals surface area contributed by atoms with Gasteiger partial charge >= 0.3 is 0 Å². The van der Waals surface area contributed by atoms with Gasteiger partial charge in [-0.3, -0.25) is 9.98 Å². The van der Waals surface area contributed by atoms with E-state index < -0.39 is 0 Å². The molecule has 0 bridgehead atoms. The highest BCUT2D eigenvalue weighted by molar-refractivity contribution is 7.23. The van der Waals surface area contributed by atoms with Crippen LogP contribution in [0.25, 0.3) is 43.5 Å². The fourth-order valence-corrected chi connectivity index (χ4v) is 6.70. The Kier molecular flexibility index (Phi) is 7.78. The molecule has 0 fully saturated rings. The van der Waals surface area contributed by atoms with Crippen LogP contribution in [0.2, 0.25) is 0 Å². The number of hydrogen-bond donors (Lipinski definition) is 0. The van der Waals surface area contributed by atoms with Gasteiger partial charge < -0.3 is 0 Å². The van der Waals surface area contributed by atoms with E-state index in [-0.39, 0.29) is 0 Å². The zero-order valence-corrected chi connectivity index (χ0v) is 25.0. The minimum atomic E-state index is 0.553. The molecule has 1 heterocycles. The molecule has 0 aliphatic carbocycles. The Morgan fingerprint density at radius 3 is 1.70 bits per heavy atom. The smallest absolute Gasteiger partial charge is 0.125 e. The minimum absolute atomic E-state index is 0.553. The third-order valence-corrected chi connectivity index (χ3v) is 8.95. The highest BCUT2D eigenvalue weighted by atomic mass is 32.1. The summed E-state index contributed by atoms with van der Waals surface area (Å²) in [5.74, 6) is 0. The van der Waals surface area contributed by atoms with E-state index in [9.17, 15) is 0 Å². The Labute approximate surface area is 262 Å². The largest absolute Gasteiger partial charge is 0.279 e. The summed E-state index contributed by atoms with van der Waals surface area (Å²) < 4.78 is 1.18. The lowest BCUT2D eigenvalue weighted by atomic mass is 9.95. The van der Waals surface area contributed by atoms with Gasteiger partial charge in [0.15, 0.2) is 0 Å². The molecule has 0 radical (unpaired) electrons. The van der Waals surface area contributed by atoms with E-state index in [2.05, 4.69) is 163 Å². The second-order valence-electron chi connectivity index (χ2n) is 10.7. The molecule has 6 aromatic carbocycles. The van der Waals surface area contributed by atoms with Crippen molar-refractivity contribution < 1.29 is 0 Å². The average molecular weight is 583 g/mol. The summed E-state index contributed by atoms with van der Waals surface area (Å²) in [6.45, 7) is 4.43. The van der Waals surface area contributed by atoms with Crippen molar-refractivity contribution in [2.24, 2.45) is 9.98 Å². The van der Waals surface area contributed by atoms with Crippen LogP contribution >= 0.6 is 11.3 Å². The third kappa shape index (κ3) is 5.66. The summed E-state index contributed by atoms with van der Waals surface area (Å²) in [7, 11) is 0. The van der Waals surface area contributed by atoms with Crippen LogP contribution in [-0.4, -0.2) is 12.4 Å².